The van der Waals surface area contributed by atoms with E-state index in [0.717, 1.165) is 27.6 Å². The molecule has 0 saturated carbocycles. The second-order valence-electron chi connectivity index (χ2n) is 9.55. The summed E-state index contributed by atoms with van der Waals surface area (Å²) < 4.78 is 16.7. The molecule has 0 aliphatic carbocycles. The first-order chi connectivity index (χ1) is 19.4. The summed E-state index contributed by atoms with van der Waals surface area (Å²) >= 11 is 6.00. The number of amides is 1. The smallest absolute Gasteiger partial charge is 0.328 e. The number of ether oxygens (including phenoxy) is 2. The van der Waals surface area contributed by atoms with E-state index in [4.69, 9.17) is 25.5 Å². The fourth-order valence-corrected chi connectivity index (χ4v) is 4.58. The van der Waals surface area contributed by atoms with Crippen LogP contribution in [-0.2, 0) is 22.6 Å². The third-order valence-corrected chi connectivity index (χ3v) is 6.82. The van der Waals surface area contributed by atoms with Gasteiger partial charge < -0.3 is 19.2 Å². The van der Waals surface area contributed by atoms with E-state index in [-0.39, 0.29) is 12.2 Å². The number of nitrogens with one attached hydrogen (secondary N) is 1. The van der Waals surface area contributed by atoms with Crippen molar-refractivity contribution in [1.29, 1.82) is 0 Å². The van der Waals surface area contributed by atoms with Crippen LogP contribution >= 0.6 is 11.6 Å². The average Bonchev–Trinajstić information content (AvgIpc) is 3.40. The van der Waals surface area contributed by atoms with Crippen LogP contribution in [0.2, 0.25) is 5.02 Å². The highest BCUT2D eigenvalue weighted by molar-refractivity contribution is 6.30. The van der Waals surface area contributed by atoms with Gasteiger partial charge in [-0.1, -0.05) is 77.8 Å². The molecular weight excluding hydrogens is 526 g/mol. The molecule has 6 nitrogen and oxygen atoms in total. The van der Waals surface area contributed by atoms with Gasteiger partial charge in [0.25, 0.3) is 5.91 Å². The SMILES string of the molecule is COC(=O)C(Cc1ccc(OCc2cccc(C)c2)cc1)NC(=O)c1cc2ccc(-c3ccc(Cl)cc3)cc2o1. The zero-order valence-electron chi connectivity index (χ0n) is 22.1. The van der Waals surface area contributed by atoms with Crippen molar-refractivity contribution >= 4 is 34.4 Å². The van der Waals surface area contributed by atoms with Crippen molar-refractivity contribution in [3.05, 3.63) is 125 Å². The molecule has 1 heterocycles. The minimum absolute atomic E-state index is 0.108. The molecule has 0 radical (unpaired) electrons. The standard InChI is InChI=1S/C33H28ClNO5/c1-21-4-3-5-23(16-21)20-39-28-14-6-22(7-15-28)17-29(33(37)38-2)35-32(36)31-19-26-9-8-25(18-30(26)40-31)24-10-12-27(34)13-11-24/h3-16,18-19,29H,17,20H2,1-2H3,(H,35,36). The fraction of sp³-hybridized carbons (Fsp3) is 0.152. The number of furan rings is 1. The molecule has 4 aromatic carbocycles. The molecule has 202 valence electrons. The summed E-state index contributed by atoms with van der Waals surface area (Å²) in [5.41, 5.74) is 5.58. The lowest BCUT2D eigenvalue weighted by Gasteiger charge is -2.16. The molecule has 40 heavy (non-hydrogen) atoms. The highest BCUT2D eigenvalue weighted by Gasteiger charge is 2.24. The number of rotatable bonds is 9. The Balaban J connectivity index is 1.25. The molecule has 1 unspecified atom stereocenters. The number of benzene rings is 4. The number of hydrogen-bond donors (Lipinski definition) is 1. The third kappa shape index (κ3) is 6.53. The normalized spacial score (nSPS) is 11.7. The van der Waals surface area contributed by atoms with E-state index in [1.165, 1.54) is 12.7 Å². The van der Waals surface area contributed by atoms with Crippen LogP contribution in [-0.4, -0.2) is 25.0 Å². The quantitative estimate of drug-likeness (QED) is 0.196. The molecule has 0 saturated heterocycles. The van der Waals surface area contributed by atoms with Crippen molar-refractivity contribution in [3.63, 3.8) is 0 Å². The summed E-state index contributed by atoms with van der Waals surface area (Å²) in [6.45, 7) is 2.50. The summed E-state index contributed by atoms with van der Waals surface area (Å²) in [6.07, 6.45) is 0.248. The fourth-order valence-electron chi connectivity index (χ4n) is 4.46. The van der Waals surface area contributed by atoms with Crippen LogP contribution in [0, 0.1) is 6.92 Å². The van der Waals surface area contributed by atoms with E-state index in [0.29, 0.717) is 23.0 Å². The number of methoxy groups -OCH3 is 1. The summed E-state index contributed by atoms with van der Waals surface area (Å²) in [6, 6.07) is 29.5. The van der Waals surface area contributed by atoms with Gasteiger partial charge in [-0.2, -0.15) is 0 Å². The van der Waals surface area contributed by atoms with Gasteiger partial charge in [-0.25, -0.2) is 4.79 Å². The Labute approximate surface area is 237 Å². The molecule has 1 amide bonds. The van der Waals surface area contributed by atoms with Crippen LogP contribution in [0.4, 0.5) is 0 Å². The summed E-state index contributed by atoms with van der Waals surface area (Å²) in [7, 11) is 1.29. The lowest BCUT2D eigenvalue weighted by Crippen LogP contribution is -2.42. The molecule has 5 aromatic rings. The van der Waals surface area contributed by atoms with Crippen molar-refractivity contribution < 1.29 is 23.5 Å². The number of carbonyl (C=O) groups is 2. The van der Waals surface area contributed by atoms with Crippen LogP contribution in [0.3, 0.4) is 0 Å². The van der Waals surface area contributed by atoms with Gasteiger partial charge in [-0.3, -0.25) is 4.79 Å². The second kappa shape index (κ2) is 12.1. The predicted molar refractivity (Wildman–Crippen MR) is 156 cm³/mol. The number of esters is 1. The van der Waals surface area contributed by atoms with Crippen LogP contribution in [0.1, 0.15) is 27.2 Å². The summed E-state index contributed by atoms with van der Waals surface area (Å²) in [4.78, 5) is 25.6. The van der Waals surface area contributed by atoms with Gasteiger partial charge >= 0.3 is 5.97 Å². The van der Waals surface area contributed by atoms with E-state index in [1.54, 1.807) is 6.07 Å². The molecule has 1 N–H and O–H groups in total. The summed E-state index contributed by atoms with van der Waals surface area (Å²) in [5.74, 6) is -0.228. The number of carbonyl (C=O) groups excluding carboxylic acids is 2. The van der Waals surface area contributed by atoms with Crippen molar-refractivity contribution in [1.82, 2.24) is 5.32 Å². The van der Waals surface area contributed by atoms with E-state index in [1.807, 2.05) is 91.9 Å². The first-order valence-electron chi connectivity index (χ1n) is 12.8. The van der Waals surface area contributed by atoms with Gasteiger partial charge in [0, 0.05) is 16.8 Å². The third-order valence-electron chi connectivity index (χ3n) is 6.56. The van der Waals surface area contributed by atoms with Gasteiger partial charge in [-0.05, 0) is 65.6 Å². The first kappa shape index (κ1) is 27.0. The number of aryl methyl sites for hydroxylation is 1. The first-order valence-corrected chi connectivity index (χ1v) is 13.2. The molecule has 0 aliphatic heterocycles. The topological polar surface area (TPSA) is 77.8 Å². The van der Waals surface area contributed by atoms with Gasteiger partial charge in [0.2, 0.25) is 0 Å². The number of fused-ring (bicyclic) bond motifs is 1. The van der Waals surface area contributed by atoms with E-state index in [9.17, 15) is 9.59 Å². The Morgan fingerprint density at radius 2 is 1.62 bits per heavy atom. The maximum absolute atomic E-state index is 13.1. The van der Waals surface area contributed by atoms with Crippen LogP contribution in [0.15, 0.2) is 101 Å². The van der Waals surface area contributed by atoms with E-state index < -0.39 is 17.9 Å². The minimum Gasteiger partial charge on any atom is -0.489 e. The van der Waals surface area contributed by atoms with E-state index >= 15 is 0 Å². The zero-order chi connectivity index (χ0) is 28.1. The van der Waals surface area contributed by atoms with Crippen molar-refractivity contribution in [2.75, 3.05) is 7.11 Å². The Kier molecular flexibility index (Phi) is 8.18. The molecular formula is C33H28ClNO5. The Morgan fingerprint density at radius 1 is 0.875 bits per heavy atom. The molecule has 0 aliphatic rings. The Hall–Kier alpha value is -4.55. The van der Waals surface area contributed by atoms with Gasteiger partial charge in [0.05, 0.1) is 7.11 Å². The zero-order valence-corrected chi connectivity index (χ0v) is 22.9. The second-order valence-corrected chi connectivity index (χ2v) is 9.98. The number of hydrogen-bond acceptors (Lipinski definition) is 5. The maximum atomic E-state index is 13.1. The summed E-state index contributed by atoms with van der Waals surface area (Å²) in [5, 5.41) is 4.19. The molecule has 1 aromatic heterocycles. The van der Waals surface area contributed by atoms with Gasteiger partial charge in [0.15, 0.2) is 5.76 Å². The van der Waals surface area contributed by atoms with Gasteiger partial charge in [-0.15, -0.1) is 0 Å². The molecule has 0 bridgehead atoms. The average molecular weight is 554 g/mol. The largest absolute Gasteiger partial charge is 0.489 e. The Bertz CT molecular complexity index is 1640. The maximum Gasteiger partial charge on any atom is 0.328 e. The highest BCUT2D eigenvalue weighted by atomic mass is 35.5. The molecule has 0 spiro atoms. The molecule has 1 atom stereocenters. The number of halogens is 1. The van der Waals surface area contributed by atoms with Gasteiger partial charge in [0.1, 0.15) is 24.0 Å². The van der Waals surface area contributed by atoms with Crippen molar-refractivity contribution in [2.45, 2.75) is 26.0 Å². The highest BCUT2D eigenvalue weighted by Crippen LogP contribution is 2.28. The predicted octanol–water partition coefficient (Wildman–Crippen LogP) is 7.15. The molecule has 7 heteroatoms. The van der Waals surface area contributed by atoms with Crippen LogP contribution in [0.5, 0.6) is 5.75 Å². The van der Waals surface area contributed by atoms with Crippen molar-refractivity contribution in [3.8, 4) is 16.9 Å². The van der Waals surface area contributed by atoms with E-state index in [2.05, 4.69) is 11.4 Å². The monoisotopic (exact) mass is 553 g/mol. The Morgan fingerprint density at radius 3 is 2.35 bits per heavy atom. The van der Waals surface area contributed by atoms with Crippen LogP contribution < -0.4 is 10.1 Å². The van der Waals surface area contributed by atoms with Crippen molar-refractivity contribution in [2.24, 2.45) is 0 Å². The molecule has 5 rings (SSSR count). The lowest BCUT2D eigenvalue weighted by molar-refractivity contribution is -0.142. The molecule has 0 fully saturated rings. The minimum atomic E-state index is -0.894. The lowest BCUT2D eigenvalue weighted by atomic mass is 10.0. The van der Waals surface area contributed by atoms with Crippen LogP contribution in [0.25, 0.3) is 22.1 Å².